The van der Waals surface area contributed by atoms with Crippen molar-refractivity contribution < 1.29 is 9.59 Å². The number of nitrogens with one attached hydrogen (secondary N) is 1. The van der Waals surface area contributed by atoms with Gasteiger partial charge in [-0.1, -0.05) is 0 Å². The van der Waals surface area contributed by atoms with E-state index in [-0.39, 0.29) is 17.6 Å². The van der Waals surface area contributed by atoms with E-state index in [1.165, 1.54) is 18.3 Å². The second-order valence-corrected chi connectivity index (χ2v) is 5.30. The molecule has 0 bridgehead atoms. The average Bonchev–Trinajstić information content (AvgIpc) is 2.70. The van der Waals surface area contributed by atoms with E-state index in [2.05, 4.69) is 22.9 Å². The largest absolute Gasteiger partial charge is 0.344 e. The standard InChI is InChI=1S/C11H17N3O2S2/c1-7-10(18-6-12-7)4-14(3)11(16)9(5-17)13-8(2)15/h6,9,17H,4-5H2,1-3H3,(H,13,15). The minimum Gasteiger partial charge on any atom is -0.344 e. The lowest BCUT2D eigenvalue weighted by Gasteiger charge is -2.22. The van der Waals surface area contributed by atoms with Crippen LogP contribution in [0.1, 0.15) is 17.5 Å². The molecule has 0 saturated carbocycles. The molecular weight excluding hydrogens is 270 g/mol. The lowest BCUT2D eigenvalue weighted by atomic mass is 10.2. The van der Waals surface area contributed by atoms with Gasteiger partial charge in [-0.05, 0) is 6.92 Å². The van der Waals surface area contributed by atoms with Gasteiger partial charge in [-0.2, -0.15) is 12.6 Å². The van der Waals surface area contributed by atoms with Crippen molar-refractivity contribution in [2.45, 2.75) is 26.4 Å². The molecule has 0 spiro atoms. The van der Waals surface area contributed by atoms with Gasteiger partial charge < -0.3 is 10.2 Å². The van der Waals surface area contributed by atoms with Crippen molar-refractivity contribution in [3.8, 4) is 0 Å². The summed E-state index contributed by atoms with van der Waals surface area (Å²) in [5, 5.41) is 2.59. The van der Waals surface area contributed by atoms with E-state index in [4.69, 9.17) is 0 Å². The van der Waals surface area contributed by atoms with Crippen molar-refractivity contribution >= 4 is 35.8 Å². The number of rotatable bonds is 5. The zero-order valence-electron chi connectivity index (χ0n) is 10.6. The van der Waals surface area contributed by atoms with Gasteiger partial charge in [0.05, 0.1) is 17.7 Å². The SMILES string of the molecule is CC(=O)NC(CS)C(=O)N(C)Cc1scnc1C. The van der Waals surface area contributed by atoms with Crippen molar-refractivity contribution in [1.29, 1.82) is 0 Å². The molecule has 1 heterocycles. The van der Waals surface area contributed by atoms with Crippen LogP contribution in [-0.4, -0.2) is 40.5 Å². The van der Waals surface area contributed by atoms with Crippen LogP contribution in [0.3, 0.4) is 0 Å². The first kappa shape index (κ1) is 15.0. The summed E-state index contributed by atoms with van der Waals surface area (Å²) in [5.41, 5.74) is 2.69. The number of carbonyl (C=O) groups excluding carboxylic acids is 2. The first-order valence-corrected chi connectivity index (χ1v) is 6.98. The van der Waals surface area contributed by atoms with Crippen molar-refractivity contribution in [2.24, 2.45) is 0 Å². The number of thiol groups is 1. The van der Waals surface area contributed by atoms with Crippen LogP contribution in [-0.2, 0) is 16.1 Å². The number of amides is 2. The van der Waals surface area contributed by atoms with Crippen molar-refractivity contribution in [3.63, 3.8) is 0 Å². The maximum absolute atomic E-state index is 12.1. The van der Waals surface area contributed by atoms with Crippen LogP contribution < -0.4 is 5.32 Å². The summed E-state index contributed by atoms with van der Waals surface area (Å²) in [6, 6.07) is -0.580. The van der Waals surface area contributed by atoms with Gasteiger partial charge in [-0.25, -0.2) is 4.98 Å². The molecule has 0 aliphatic heterocycles. The highest BCUT2D eigenvalue weighted by atomic mass is 32.1. The Hall–Kier alpha value is -1.08. The molecule has 100 valence electrons. The lowest BCUT2D eigenvalue weighted by molar-refractivity contribution is -0.134. The summed E-state index contributed by atoms with van der Waals surface area (Å²) in [7, 11) is 1.71. The number of aryl methyl sites for hydroxylation is 1. The summed E-state index contributed by atoms with van der Waals surface area (Å²) in [5.74, 6) is -0.0949. The molecule has 5 nitrogen and oxygen atoms in total. The predicted octanol–water partition coefficient (Wildman–Crippen LogP) is 0.844. The third-order valence-corrected chi connectivity index (χ3v) is 3.75. The predicted molar refractivity (Wildman–Crippen MR) is 74.8 cm³/mol. The highest BCUT2D eigenvalue weighted by Crippen LogP contribution is 2.14. The zero-order chi connectivity index (χ0) is 13.7. The average molecular weight is 287 g/mol. The Bertz CT molecular complexity index is 434. The number of hydrogen-bond donors (Lipinski definition) is 2. The number of likely N-dealkylation sites (N-methyl/N-ethyl adjacent to an activating group) is 1. The number of carbonyl (C=O) groups is 2. The van der Waals surface area contributed by atoms with E-state index in [1.54, 1.807) is 17.5 Å². The van der Waals surface area contributed by atoms with Gasteiger partial charge in [0.25, 0.3) is 0 Å². The number of nitrogens with zero attached hydrogens (tertiary/aromatic N) is 2. The van der Waals surface area contributed by atoms with Crippen LogP contribution in [0.2, 0.25) is 0 Å². The number of hydrogen-bond acceptors (Lipinski definition) is 5. The maximum Gasteiger partial charge on any atom is 0.246 e. The fourth-order valence-corrected chi connectivity index (χ4v) is 2.55. The molecule has 1 aromatic heterocycles. The van der Waals surface area contributed by atoms with Gasteiger partial charge in [-0.3, -0.25) is 9.59 Å². The van der Waals surface area contributed by atoms with E-state index < -0.39 is 6.04 Å². The molecule has 0 aliphatic rings. The smallest absolute Gasteiger partial charge is 0.246 e. The van der Waals surface area contributed by atoms with Crippen molar-refractivity contribution in [1.82, 2.24) is 15.2 Å². The Morgan fingerprint density at radius 2 is 2.28 bits per heavy atom. The number of thiazole rings is 1. The molecule has 7 heteroatoms. The second-order valence-electron chi connectivity index (χ2n) is 3.99. The van der Waals surface area contributed by atoms with E-state index >= 15 is 0 Å². The molecule has 1 aromatic rings. The molecule has 0 saturated heterocycles. The van der Waals surface area contributed by atoms with E-state index in [9.17, 15) is 9.59 Å². The molecule has 0 aliphatic carbocycles. The van der Waals surface area contributed by atoms with Gasteiger partial charge in [0.1, 0.15) is 6.04 Å². The topological polar surface area (TPSA) is 62.3 Å². The van der Waals surface area contributed by atoms with Gasteiger partial charge in [0, 0.05) is 24.6 Å². The van der Waals surface area contributed by atoms with Crippen LogP contribution in [0.4, 0.5) is 0 Å². The van der Waals surface area contributed by atoms with Crippen LogP contribution in [0, 0.1) is 6.92 Å². The van der Waals surface area contributed by atoms with Crippen LogP contribution >= 0.6 is 24.0 Å². The first-order chi connectivity index (χ1) is 8.45. The highest BCUT2D eigenvalue weighted by molar-refractivity contribution is 7.80. The normalized spacial score (nSPS) is 12.0. The molecule has 1 atom stereocenters. The monoisotopic (exact) mass is 287 g/mol. The molecule has 18 heavy (non-hydrogen) atoms. The molecule has 1 unspecified atom stereocenters. The third-order valence-electron chi connectivity index (χ3n) is 2.46. The van der Waals surface area contributed by atoms with Crippen LogP contribution in [0.25, 0.3) is 0 Å². The van der Waals surface area contributed by atoms with Gasteiger partial charge in [0.2, 0.25) is 11.8 Å². The third kappa shape index (κ3) is 3.99. The summed E-state index contributed by atoms with van der Waals surface area (Å²) in [6.07, 6.45) is 0. The van der Waals surface area contributed by atoms with Gasteiger partial charge >= 0.3 is 0 Å². The summed E-state index contributed by atoms with van der Waals surface area (Å²) in [6.45, 7) is 3.80. The Morgan fingerprint density at radius 1 is 1.61 bits per heavy atom. The van der Waals surface area contributed by atoms with Crippen LogP contribution in [0.15, 0.2) is 5.51 Å². The van der Waals surface area contributed by atoms with E-state index in [0.717, 1.165) is 10.6 Å². The minimum atomic E-state index is -0.580. The second kappa shape index (κ2) is 6.75. The van der Waals surface area contributed by atoms with E-state index in [1.807, 2.05) is 6.92 Å². The quantitative estimate of drug-likeness (QED) is 0.789. The first-order valence-electron chi connectivity index (χ1n) is 5.47. The van der Waals surface area contributed by atoms with Crippen LogP contribution in [0.5, 0.6) is 0 Å². The van der Waals surface area contributed by atoms with Gasteiger partial charge in [0.15, 0.2) is 0 Å². The molecule has 1 N–H and O–H groups in total. The summed E-state index contributed by atoms with van der Waals surface area (Å²) < 4.78 is 0. The molecule has 1 rings (SSSR count). The minimum absolute atomic E-state index is 0.145. The highest BCUT2D eigenvalue weighted by Gasteiger charge is 2.22. The Labute approximate surface area is 116 Å². The van der Waals surface area contributed by atoms with Gasteiger partial charge in [-0.15, -0.1) is 11.3 Å². The summed E-state index contributed by atoms with van der Waals surface area (Å²) in [4.78, 5) is 29.8. The summed E-state index contributed by atoms with van der Waals surface area (Å²) >= 11 is 5.60. The molecular formula is C11H17N3O2S2. The van der Waals surface area contributed by atoms with Crippen molar-refractivity contribution in [2.75, 3.05) is 12.8 Å². The fraction of sp³-hybridized carbons (Fsp3) is 0.545. The molecule has 0 radical (unpaired) electrons. The molecule has 0 fully saturated rings. The fourth-order valence-electron chi connectivity index (χ4n) is 1.47. The molecule has 2 amide bonds. The molecule has 0 aromatic carbocycles. The number of aromatic nitrogens is 1. The lowest BCUT2D eigenvalue weighted by Crippen LogP contribution is -2.47. The Balaban J connectivity index is 2.65. The van der Waals surface area contributed by atoms with Crippen molar-refractivity contribution in [3.05, 3.63) is 16.1 Å². The zero-order valence-corrected chi connectivity index (χ0v) is 12.3. The Kier molecular flexibility index (Phi) is 5.61. The Morgan fingerprint density at radius 3 is 2.72 bits per heavy atom. The van der Waals surface area contributed by atoms with E-state index in [0.29, 0.717) is 6.54 Å². The maximum atomic E-state index is 12.1.